The number of carbonyl (C=O) groups is 1. The van der Waals surface area contributed by atoms with Gasteiger partial charge in [-0.25, -0.2) is 0 Å². The topological polar surface area (TPSA) is 46.5 Å². The number of benzene rings is 1. The molecular weight excluding hydrogens is 300 g/mol. The third-order valence-corrected chi connectivity index (χ3v) is 4.21. The average molecular weight is 332 g/mol. The van der Waals surface area contributed by atoms with Gasteiger partial charge in [0.1, 0.15) is 0 Å². The van der Waals surface area contributed by atoms with Crippen molar-refractivity contribution < 1.29 is 14.6 Å². The Morgan fingerprint density at radius 2 is 1.92 bits per heavy atom. The largest absolute Gasteiger partial charge is 0.469 e. The minimum Gasteiger partial charge on any atom is -0.469 e. The molecule has 1 atom stereocenters. The van der Waals surface area contributed by atoms with Crippen molar-refractivity contribution in [2.24, 2.45) is 0 Å². The maximum atomic E-state index is 11.2. The first-order valence-electron chi connectivity index (χ1n) is 9.19. The number of rotatable bonds is 12. The molecule has 0 aliphatic carbocycles. The highest BCUT2D eigenvalue weighted by Crippen LogP contribution is 2.24. The summed E-state index contributed by atoms with van der Waals surface area (Å²) in [5.74, 6) is -0.224. The molecule has 1 aromatic rings. The molecule has 3 heteroatoms. The summed E-state index contributed by atoms with van der Waals surface area (Å²) in [6, 6.07) is 7.93. The van der Waals surface area contributed by atoms with Gasteiger partial charge in [-0.3, -0.25) is 4.79 Å². The van der Waals surface area contributed by atoms with E-state index in [1.807, 2.05) is 24.3 Å². The number of allylic oxidation sites excluding steroid dienone is 1. The van der Waals surface area contributed by atoms with Crippen LogP contribution in [0.15, 0.2) is 30.3 Å². The first-order chi connectivity index (χ1) is 11.7. The van der Waals surface area contributed by atoms with Crippen molar-refractivity contribution in [1.82, 2.24) is 0 Å². The van der Waals surface area contributed by atoms with Crippen LogP contribution in [0.5, 0.6) is 0 Å². The highest BCUT2D eigenvalue weighted by Gasteiger charge is 2.11. The van der Waals surface area contributed by atoms with Gasteiger partial charge in [0.15, 0.2) is 0 Å². The highest BCUT2D eigenvalue weighted by atomic mass is 16.5. The molecule has 1 rings (SSSR count). The molecule has 0 saturated carbocycles. The molecular formula is C21H32O3. The molecule has 0 fully saturated rings. The third-order valence-electron chi connectivity index (χ3n) is 4.21. The molecule has 0 radical (unpaired) electrons. The lowest BCUT2D eigenvalue weighted by Gasteiger charge is -2.13. The predicted octanol–water partition coefficient (Wildman–Crippen LogP) is 5.44. The molecule has 0 aromatic heterocycles. The lowest BCUT2D eigenvalue weighted by atomic mass is 9.98. The van der Waals surface area contributed by atoms with Crippen molar-refractivity contribution in [3.05, 3.63) is 41.5 Å². The normalized spacial score (nSPS) is 12.5. The van der Waals surface area contributed by atoms with E-state index in [1.54, 1.807) is 0 Å². The van der Waals surface area contributed by atoms with Crippen LogP contribution in [0.4, 0.5) is 0 Å². The van der Waals surface area contributed by atoms with Crippen LogP contribution in [0.1, 0.15) is 81.9 Å². The summed E-state index contributed by atoms with van der Waals surface area (Å²) in [5.41, 5.74) is 2.00. The molecule has 0 bridgehead atoms. The van der Waals surface area contributed by atoms with Gasteiger partial charge < -0.3 is 9.84 Å². The minimum absolute atomic E-state index is 0.224. The van der Waals surface area contributed by atoms with Crippen LogP contribution in [0.2, 0.25) is 0 Å². The molecule has 0 saturated heterocycles. The second kappa shape index (κ2) is 12.8. The van der Waals surface area contributed by atoms with Crippen molar-refractivity contribution in [1.29, 1.82) is 0 Å². The van der Waals surface area contributed by atoms with Gasteiger partial charge in [-0.15, -0.1) is 0 Å². The van der Waals surface area contributed by atoms with Crippen molar-refractivity contribution >= 4 is 12.0 Å². The monoisotopic (exact) mass is 332 g/mol. The fourth-order valence-corrected chi connectivity index (χ4v) is 2.74. The molecule has 0 aliphatic rings. The van der Waals surface area contributed by atoms with Crippen molar-refractivity contribution in [3.63, 3.8) is 0 Å². The SMILES string of the molecule is CCCCCCC/C=C/c1ccccc1[C@@H](O)CCCC(=O)OC. The number of carbonyl (C=O) groups excluding carboxylic acids is 1. The van der Waals surface area contributed by atoms with E-state index in [4.69, 9.17) is 0 Å². The second-order valence-corrected chi connectivity index (χ2v) is 6.22. The Bertz CT molecular complexity index is 494. The number of aliphatic hydroxyl groups excluding tert-OH is 1. The minimum atomic E-state index is -0.542. The number of ether oxygens (including phenoxy) is 1. The molecule has 1 aromatic carbocycles. The first kappa shape index (κ1) is 20.4. The van der Waals surface area contributed by atoms with E-state index in [2.05, 4.69) is 23.8 Å². The Kier molecular flexibility index (Phi) is 10.9. The standard InChI is InChI=1S/C21H32O3/c1-3-4-5-6-7-8-9-13-18-14-10-11-15-19(18)20(22)16-12-17-21(23)24-2/h9-11,13-15,20,22H,3-8,12,16-17H2,1-2H3/b13-9+/t20-/m0/s1. The summed E-state index contributed by atoms with van der Waals surface area (Å²) in [5, 5.41) is 10.4. The van der Waals surface area contributed by atoms with E-state index in [0.29, 0.717) is 19.3 Å². The second-order valence-electron chi connectivity index (χ2n) is 6.22. The Labute approximate surface area is 146 Å². The van der Waals surface area contributed by atoms with Crippen LogP contribution in [-0.2, 0) is 9.53 Å². The zero-order valence-corrected chi connectivity index (χ0v) is 15.2. The Morgan fingerprint density at radius 3 is 2.67 bits per heavy atom. The Hall–Kier alpha value is -1.61. The Balaban J connectivity index is 2.46. The molecule has 0 amide bonds. The van der Waals surface area contributed by atoms with Crippen molar-refractivity contribution in [3.8, 4) is 0 Å². The number of methoxy groups -OCH3 is 1. The van der Waals surface area contributed by atoms with Gasteiger partial charge in [0.25, 0.3) is 0 Å². The van der Waals surface area contributed by atoms with Gasteiger partial charge in [-0.05, 0) is 36.8 Å². The first-order valence-corrected chi connectivity index (χ1v) is 9.19. The van der Waals surface area contributed by atoms with E-state index >= 15 is 0 Å². The molecule has 0 heterocycles. The van der Waals surface area contributed by atoms with Gasteiger partial charge in [0.2, 0.25) is 0 Å². The average Bonchev–Trinajstić information content (AvgIpc) is 2.61. The van der Waals surface area contributed by atoms with Gasteiger partial charge in [-0.1, -0.05) is 69.0 Å². The van der Waals surface area contributed by atoms with Crippen LogP contribution >= 0.6 is 0 Å². The quantitative estimate of drug-likeness (QED) is 0.410. The van der Waals surface area contributed by atoms with E-state index < -0.39 is 6.10 Å². The number of unbranched alkanes of at least 4 members (excludes halogenated alkanes) is 5. The van der Waals surface area contributed by atoms with Crippen LogP contribution < -0.4 is 0 Å². The zero-order valence-electron chi connectivity index (χ0n) is 15.2. The van der Waals surface area contributed by atoms with Gasteiger partial charge in [0.05, 0.1) is 13.2 Å². The summed E-state index contributed by atoms with van der Waals surface area (Å²) >= 11 is 0. The number of aliphatic hydroxyl groups is 1. The Morgan fingerprint density at radius 1 is 1.17 bits per heavy atom. The molecule has 3 nitrogen and oxygen atoms in total. The zero-order chi connectivity index (χ0) is 17.6. The molecule has 24 heavy (non-hydrogen) atoms. The third kappa shape index (κ3) is 8.30. The van der Waals surface area contributed by atoms with Crippen LogP contribution in [0.25, 0.3) is 6.08 Å². The molecule has 0 unspecified atom stereocenters. The maximum absolute atomic E-state index is 11.2. The number of esters is 1. The van der Waals surface area contributed by atoms with Crippen molar-refractivity contribution in [2.45, 2.75) is 70.8 Å². The fraction of sp³-hybridized carbons (Fsp3) is 0.571. The van der Waals surface area contributed by atoms with E-state index in [0.717, 1.165) is 17.5 Å². The summed E-state index contributed by atoms with van der Waals surface area (Å²) in [7, 11) is 1.39. The van der Waals surface area contributed by atoms with E-state index in [9.17, 15) is 9.90 Å². The number of hydrogen-bond donors (Lipinski definition) is 1. The number of hydrogen-bond acceptors (Lipinski definition) is 3. The van der Waals surface area contributed by atoms with Gasteiger partial charge >= 0.3 is 5.97 Å². The molecule has 0 spiro atoms. The molecule has 134 valence electrons. The van der Waals surface area contributed by atoms with Crippen LogP contribution in [0, 0.1) is 0 Å². The van der Waals surface area contributed by atoms with E-state index in [-0.39, 0.29) is 5.97 Å². The summed E-state index contributed by atoms with van der Waals surface area (Å²) in [4.78, 5) is 11.2. The lowest BCUT2D eigenvalue weighted by Crippen LogP contribution is -2.04. The summed E-state index contributed by atoms with van der Waals surface area (Å²) in [6.45, 7) is 2.23. The lowest BCUT2D eigenvalue weighted by molar-refractivity contribution is -0.140. The predicted molar refractivity (Wildman–Crippen MR) is 99.7 cm³/mol. The summed E-state index contributed by atoms with van der Waals surface area (Å²) < 4.78 is 4.63. The van der Waals surface area contributed by atoms with Crippen molar-refractivity contribution in [2.75, 3.05) is 7.11 Å². The smallest absolute Gasteiger partial charge is 0.305 e. The molecule has 0 aliphatic heterocycles. The van der Waals surface area contributed by atoms with Crippen LogP contribution in [0.3, 0.4) is 0 Å². The fourth-order valence-electron chi connectivity index (χ4n) is 2.74. The highest BCUT2D eigenvalue weighted by molar-refractivity contribution is 5.69. The van der Waals surface area contributed by atoms with Crippen LogP contribution in [-0.4, -0.2) is 18.2 Å². The maximum Gasteiger partial charge on any atom is 0.305 e. The van der Waals surface area contributed by atoms with Gasteiger partial charge in [0, 0.05) is 6.42 Å². The van der Waals surface area contributed by atoms with E-state index in [1.165, 1.54) is 39.2 Å². The molecule has 1 N–H and O–H groups in total. The van der Waals surface area contributed by atoms with Gasteiger partial charge in [-0.2, -0.15) is 0 Å². The summed E-state index contributed by atoms with van der Waals surface area (Å²) in [6.07, 6.45) is 12.8.